The number of amides is 1. The molecule has 0 aliphatic carbocycles. The average Bonchev–Trinajstić information content (AvgIpc) is 2.47. The summed E-state index contributed by atoms with van der Waals surface area (Å²) >= 11 is 7.36. The highest BCUT2D eigenvalue weighted by Crippen LogP contribution is 2.24. The number of carbonyl (C=O) groups excluding carboxylic acids is 1. The second-order valence-corrected chi connectivity index (χ2v) is 6.98. The summed E-state index contributed by atoms with van der Waals surface area (Å²) in [5, 5.41) is 12.6. The van der Waals surface area contributed by atoms with Crippen molar-refractivity contribution < 1.29 is 9.90 Å². The van der Waals surface area contributed by atoms with Gasteiger partial charge in [-0.2, -0.15) is 0 Å². The van der Waals surface area contributed by atoms with Gasteiger partial charge in [0.15, 0.2) is 0 Å². The van der Waals surface area contributed by atoms with E-state index in [1.807, 2.05) is 31.2 Å². The van der Waals surface area contributed by atoms with Gasteiger partial charge in [0.1, 0.15) is 0 Å². The fourth-order valence-electron chi connectivity index (χ4n) is 2.10. The Bertz CT molecular complexity index is 419. The molecule has 118 valence electrons. The first kappa shape index (κ1) is 18.3. The summed E-state index contributed by atoms with van der Waals surface area (Å²) < 4.78 is 0. The van der Waals surface area contributed by atoms with Crippen molar-refractivity contribution in [3.8, 4) is 0 Å². The summed E-state index contributed by atoms with van der Waals surface area (Å²) in [4.78, 5) is 13.1. The molecule has 0 saturated heterocycles. The molecule has 0 aliphatic rings. The average molecular weight is 330 g/mol. The van der Waals surface area contributed by atoms with E-state index in [0.717, 1.165) is 24.2 Å². The Labute approximate surface area is 136 Å². The first-order valence-electron chi connectivity index (χ1n) is 7.37. The van der Waals surface area contributed by atoms with Crippen molar-refractivity contribution >= 4 is 29.3 Å². The molecule has 1 aromatic rings. The van der Waals surface area contributed by atoms with Gasteiger partial charge < -0.3 is 10.4 Å². The maximum absolute atomic E-state index is 12.1. The monoisotopic (exact) mass is 329 g/mol. The normalized spacial score (nSPS) is 13.7. The summed E-state index contributed by atoms with van der Waals surface area (Å²) in [5.41, 5.74) is 0. The van der Waals surface area contributed by atoms with Crippen LogP contribution in [-0.2, 0) is 4.79 Å². The topological polar surface area (TPSA) is 49.3 Å². The van der Waals surface area contributed by atoms with Gasteiger partial charge in [-0.05, 0) is 49.9 Å². The predicted octanol–water partition coefficient (Wildman–Crippen LogP) is 3.74. The van der Waals surface area contributed by atoms with Crippen LogP contribution >= 0.6 is 23.4 Å². The van der Waals surface area contributed by atoms with Gasteiger partial charge in [-0.3, -0.25) is 4.79 Å². The molecule has 5 heteroatoms. The molecular formula is C16H24ClNO2S. The SMILES string of the molecule is CCCC(CCO)CNC(=O)C(C)Sc1ccc(Cl)cc1. The Morgan fingerprint density at radius 2 is 2.00 bits per heavy atom. The number of aliphatic hydroxyl groups is 1. The molecule has 0 spiro atoms. The van der Waals surface area contributed by atoms with E-state index in [1.54, 1.807) is 0 Å². The van der Waals surface area contributed by atoms with E-state index in [0.29, 0.717) is 17.5 Å². The highest BCUT2D eigenvalue weighted by atomic mass is 35.5. The van der Waals surface area contributed by atoms with Crippen molar-refractivity contribution in [1.29, 1.82) is 0 Å². The highest BCUT2D eigenvalue weighted by molar-refractivity contribution is 8.00. The van der Waals surface area contributed by atoms with Crippen molar-refractivity contribution in [1.82, 2.24) is 5.32 Å². The van der Waals surface area contributed by atoms with Crippen LogP contribution in [0.25, 0.3) is 0 Å². The minimum atomic E-state index is -0.150. The number of carbonyl (C=O) groups is 1. The van der Waals surface area contributed by atoms with Crippen LogP contribution in [-0.4, -0.2) is 29.4 Å². The molecule has 1 aromatic carbocycles. The van der Waals surface area contributed by atoms with Crippen LogP contribution in [0.5, 0.6) is 0 Å². The Morgan fingerprint density at radius 1 is 1.33 bits per heavy atom. The molecular weight excluding hydrogens is 306 g/mol. The zero-order chi connectivity index (χ0) is 15.7. The molecule has 1 rings (SSSR count). The molecule has 1 amide bonds. The predicted molar refractivity (Wildman–Crippen MR) is 89.9 cm³/mol. The fraction of sp³-hybridized carbons (Fsp3) is 0.562. The summed E-state index contributed by atoms with van der Waals surface area (Å²) in [7, 11) is 0. The number of hydrogen-bond acceptors (Lipinski definition) is 3. The number of halogens is 1. The molecule has 21 heavy (non-hydrogen) atoms. The van der Waals surface area contributed by atoms with Gasteiger partial charge in [-0.1, -0.05) is 24.9 Å². The largest absolute Gasteiger partial charge is 0.396 e. The first-order valence-corrected chi connectivity index (χ1v) is 8.63. The van der Waals surface area contributed by atoms with Gasteiger partial charge in [0.2, 0.25) is 5.91 Å². The summed E-state index contributed by atoms with van der Waals surface area (Å²) in [6.07, 6.45) is 2.84. The van der Waals surface area contributed by atoms with Crippen LogP contribution in [0.4, 0.5) is 0 Å². The molecule has 0 radical (unpaired) electrons. The fourth-order valence-corrected chi connectivity index (χ4v) is 3.12. The van der Waals surface area contributed by atoms with Crippen molar-refractivity contribution in [2.45, 2.75) is 43.3 Å². The molecule has 0 bridgehead atoms. The number of aliphatic hydroxyl groups excluding tert-OH is 1. The Hall–Kier alpha value is -0.710. The van der Waals surface area contributed by atoms with E-state index < -0.39 is 0 Å². The summed E-state index contributed by atoms with van der Waals surface area (Å²) in [6, 6.07) is 7.49. The highest BCUT2D eigenvalue weighted by Gasteiger charge is 2.16. The van der Waals surface area contributed by atoms with E-state index in [9.17, 15) is 4.79 Å². The first-order chi connectivity index (χ1) is 10.1. The molecule has 2 N–H and O–H groups in total. The van der Waals surface area contributed by atoms with Gasteiger partial charge in [0.25, 0.3) is 0 Å². The number of nitrogens with one attached hydrogen (secondary N) is 1. The molecule has 2 unspecified atom stereocenters. The van der Waals surface area contributed by atoms with Crippen LogP contribution in [0.3, 0.4) is 0 Å². The van der Waals surface area contributed by atoms with Gasteiger partial charge in [0, 0.05) is 23.1 Å². The zero-order valence-electron chi connectivity index (χ0n) is 12.6. The quantitative estimate of drug-likeness (QED) is 0.679. The van der Waals surface area contributed by atoms with E-state index in [-0.39, 0.29) is 17.8 Å². The molecule has 0 saturated carbocycles. The number of benzene rings is 1. The lowest BCUT2D eigenvalue weighted by atomic mass is 10.0. The minimum Gasteiger partial charge on any atom is -0.396 e. The number of rotatable bonds is 9. The van der Waals surface area contributed by atoms with Gasteiger partial charge >= 0.3 is 0 Å². The van der Waals surface area contributed by atoms with Crippen LogP contribution in [0, 0.1) is 5.92 Å². The van der Waals surface area contributed by atoms with Gasteiger partial charge in [-0.15, -0.1) is 11.8 Å². The molecule has 0 aliphatic heterocycles. The lowest BCUT2D eigenvalue weighted by Gasteiger charge is -2.18. The third-order valence-electron chi connectivity index (χ3n) is 3.29. The Kier molecular flexibility index (Phi) is 8.81. The number of thioether (sulfide) groups is 1. The maximum Gasteiger partial charge on any atom is 0.233 e. The third-order valence-corrected chi connectivity index (χ3v) is 4.66. The standard InChI is InChI=1S/C16H24ClNO2S/c1-3-4-13(9-10-19)11-18-16(20)12(2)21-15-7-5-14(17)6-8-15/h5-8,12-13,19H,3-4,9-11H2,1-2H3,(H,18,20). The van der Waals surface area contributed by atoms with Gasteiger partial charge in [0.05, 0.1) is 5.25 Å². The second kappa shape index (κ2) is 10.1. The zero-order valence-corrected chi connectivity index (χ0v) is 14.2. The third kappa shape index (κ3) is 7.21. The lowest BCUT2D eigenvalue weighted by molar-refractivity contribution is -0.120. The van der Waals surface area contributed by atoms with Crippen molar-refractivity contribution in [3.63, 3.8) is 0 Å². The van der Waals surface area contributed by atoms with E-state index in [1.165, 1.54) is 11.8 Å². The lowest BCUT2D eigenvalue weighted by Crippen LogP contribution is -2.35. The van der Waals surface area contributed by atoms with Crippen molar-refractivity contribution in [3.05, 3.63) is 29.3 Å². The molecule has 0 aromatic heterocycles. The molecule has 3 nitrogen and oxygen atoms in total. The van der Waals surface area contributed by atoms with Crippen LogP contribution in [0.2, 0.25) is 5.02 Å². The van der Waals surface area contributed by atoms with Gasteiger partial charge in [-0.25, -0.2) is 0 Å². The Morgan fingerprint density at radius 3 is 2.57 bits per heavy atom. The number of hydrogen-bond donors (Lipinski definition) is 2. The van der Waals surface area contributed by atoms with Crippen LogP contribution < -0.4 is 5.32 Å². The van der Waals surface area contributed by atoms with E-state index in [2.05, 4.69) is 12.2 Å². The van der Waals surface area contributed by atoms with E-state index >= 15 is 0 Å². The van der Waals surface area contributed by atoms with E-state index in [4.69, 9.17) is 16.7 Å². The molecule has 2 atom stereocenters. The van der Waals surface area contributed by atoms with Crippen LogP contribution in [0.1, 0.15) is 33.1 Å². The smallest absolute Gasteiger partial charge is 0.233 e. The molecule has 0 heterocycles. The summed E-state index contributed by atoms with van der Waals surface area (Å²) in [6.45, 7) is 4.83. The minimum absolute atomic E-state index is 0.0361. The molecule has 0 fully saturated rings. The van der Waals surface area contributed by atoms with Crippen LogP contribution in [0.15, 0.2) is 29.2 Å². The van der Waals surface area contributed by atoms with Crippen molar-refractivity contribution in [2.75, 3.05) is 13.2 Å². The van der Waals surface area contributed by atoms with Crippen molar-refractivity contribution in [2.24, 2.45) is 5.92 Å². The Balaban J connectivity index is 2.41. The second-order valence-electron chi connectivity index (χ2n) is 5.13. The summed E-state index contributed by atoms with van der Waals surface area (Å²) in [5.74, 6) is 0.394. The maximum atomic E-state index is 12.1.